The van der Waals surface area contributed by atoms with Gasteiger partial charge in [-0.2, -0.15) is 0 Å². The molecule has 1 aliphatic carbocycles. The molecule has 0 bridgehead atoms. The summed E-state index contributed by atoms with van der Waals surface area (Å²) in [4.78, 5) is 42.5. The standard InChI is InChI=1S/C29H33ClN2O5/c1-3-19-14-15-21-25(24(19)29(36)37-4-2)28(35)32(20(17-33)16-18-10-6-5-7-11-18)26(21)27(34)31-23-13-9-8-12-22(23)30/h5-15,19-21,24-26,33H,3-4,16-17H2,1-2H3,(H,31,34)/t19-,20-,21+,24-,25-,26+/m1/s1. The Bertz CT molecular complexity index is 1150. The van der Waals surface area contributed by atoms with E-state index in [1.807, 2.05) is 49.4 Å². The maximum atomic E-state index is 14.1. The van der Waals surface area contributed by atoms with Crippen molar-refractivity contribution in [2.24, 2.45) is 23.7 Å². The molecule has 2 aliphatic rings. The summed E-state index contributed by atoms with van der Waals surface area (Å²) in [7, 11) is 0. The molecule has 4 rings (SSSR count). The average molecular weight is 525 g/mol. The minimum atomic E-state index is -0.930. The molecule has 0 spiro atoms. The van der Waals surface area contributed by atoms with Crippen LogP contribution in [-0.4, -0.2) is 53.1 Å². The van der Waals surface area contributed by atoms with Gasteiger partial charge in [-0.05, 0) is 43.4 Å². The lowest BCUT2D eigenvalue weighted by molar-refractivity contribution is -0.156. The van der Waals surface area contributed by atoms with Gasteiger partial charge < -0.3 is 20.1 Å². The highest BCUT2D eigenvalue weighted by Gasteiger charge is 2.58. The number of esters is 1. The Labute approximate surface area is 222 Å². The van der Waals surface area contributed by atoms with Crippen LogP contribution in [0.2, 0.25) is 5.02 Å². The van der Waals surface area contributed by atoms with Crippen molar-refractivity contribution in [2.75, 3.05) is 18.5 Å². The van der Waals surface area contributed by atoms with E-state index in [-0.39, 0.29) is 25.0 Å². The maximum absolute atomic E-state index is 14.1. The normalized spacial score (nSPS) is 25.5. The van der Waals surface area contributed by atoms with E-state index in [1.165, 1.54) is 4.90 Å². The van der Waals surface area contributed by atoms with Gasteiger partial charge in [0.25, 0.3) is 0 Å². The van der Waals surface area contributed by atoms with E-state index in [9.17, 15) is 19.5 Å². The van der Waals surface area contributed by atoms with Gasteiger partial charge in [0.15, 0.2) is 0 Å². The predicted molar refractivity (Wildman–Crippen MR) is 142 cm³/mol. The van der Waals surface area contributed by atoms with E-state index >= 15 is 0 Å². The molecule has 1 heterocycles. The Morgan fingerprint density at radius 2 is 1.78 bits per heavy atom. The second kappa shape index (κ2) is 11.9. The first-order valence-electron chi connectivity index (χ1n) is 12.8. The zero-order chi connectivity index (χ0) is 26.5. The SMILES string of the molecule is CCOC(=O)[C@H]1[C@@H]2C(=O)N([C@@H](CO)Cc3ccccc3)[C@H](C(=O)Nc3ccccc3Cl)[C@H]2C=C[C@H]1CC. The first-order chi connectivity index (χ1) is 17.9. The molecule has 7 nitrogen and oxygen atoms in total. The number of hydrogen-bond donors (Lipinski definition) is 2. The third kappa shape index (κ3) is 5.43. The highest BCUT2D eigenvalue weighted by atomic mass is 35.5. The van der Waals surface area contributed by atoms with Crippen molar-refractivity contribution >= 4 is 35.1 Å². The number of rotatable bonds is 9. The number of carbonyl (C=O) groups excluding carboxylic acids is 3. The summed E-state index contributed by atoms with van der Waals surface area (Å²) in [5, 5.41) is 13.7. The van der Waals surface area contributed by atoms with E-state index in [2.05, 4.69) is 5.32 Å². The van der Waals surface area contributed by atoms with Crippen LogP contribution in [0.3, 0.4) is 0 Å². The van der Waals surface area contributed by atoms with E-state index in [4.69, 9.17) is 16.3 Å². The number of hydrogen-bond acceptors (Lipinski definition) is 5. The van der Waals surface area contributed by atoms with Gasteiger partial charge in [0.05, 0.1) is 41.8 Å². The number of aliphatic hydroxyl groups is 1. The molecule has 2 aromatic carbocycles. The second-order valence-corrected chi connectivity index (χ2v) is 9.93. The summed E-state index contributed by atoms with van der Waals surface area (Å²) < 4.78 is 5.38. The number of fused-ring (bicyclic) bond motifs is 1. The van der Waals surface area contributed by atoms with Gasteiger partial charge in [-0.25, -0.2) is 0 Å². The molecule has 0 aromatic heterocycles. The van der Waals surface area contributed by atoms with Crippen LogP contribution in [0.5, 0.6) is 0 Å². The van der Waals surface area contributed by atoms with Crippen LogP contribution in [-0.2, 0) is 25.5 Å². The van der Waals surface area contributed by atoms with Crippen LogP contribution in [0.4, 0.5) is 5.69 Å². The van der Waals surface area contributed by atoms with Crippen molar-refractivity contribution in [2.45, 2.75) is 38.8 Å². The average Bonchev–Trinajstić information content (AvgIpc) is 3.20. The lowest BCUT2D eigenvalue weighted by atomic mass is 9.69. The Kier molecular flexibility index (Phi) is 8.67. The van der Waals surface area contributed by atoms with Crippen molar-refractivity contribution in [1.82, 2.24) is 4.90 Å². The molecule has 6 atom stereocenters. The third-order valence-corrected chi connectivity index (χ3v) is 7.73. The van der Waals surface area contributed by atoms with Crippen molar-refractivity contribution in [3.63, 3.8) is 0 Å². The predicted octanol–water partition coefficient (Wildman–Crippen LogP) is 4.10. The zero-order valence-corrected chi connectivity index (χ0v) is 21.8. The van der Waals surface area contributed by atoms with Crippen molar-refractivity contribution in [1.29, 1.82) is 0 Å². The lowest BCUT2D eigenvalue weighted by Gasteiger charge is -2.34. The molecule has 196 valence electrons. The molecule has 2 aromatic rings. The molecule has 0 unspecified atom stereocenters. The van der Waals surface area contributed by atoms with Gasteiger partial charge in [-0.3, -0.25) is 14.4 Å². The van der Waals surface area contributed by atoms with Crippen LogP contribution in [0.1, 0.15) is 25.8 Å². The number of nitrogens with zero attached hydrogens (tertiary/aromatic N) is 1. The molecule has 2 N–H and O–H groups in total. The molecule has 0 radical (unpaired) electrons. The molecule has 1 saturated heterocycles. The number of aliphatic hydroxyl groups excluding tert-OH is 1. The summed E-state index contributed by atoms with van der Waals surface area (Å²) in [6.45, 7) is 3.57. The van der Waals surface area contributed by atoms with Crippen LogP contribution < -0.4 is 5.32 Å². The van der Waals surface area contributed by atoms with E-state index in [1.54, 1.807) is 31.2 Å². The third-order valence-electron chi connectivity index (χ3n) is 7.40. The lowest BCUT2D eigenvalue weighted by Crippen LogP contribution is -2.51. The van der Waals surface area contributed by atoms with Crippen molar-refractivity contribution in [3.05, 3.63) is 77.3 Å². The highest BCUT2D eigenvalue weighted by molar-refractivity contribution is 6.33. The number of anilines is 1. The van der Waals surface area contributed by atoms with Crippen LogP contribution in [0.15, 0.2) is 66.7 Å². The van der Waals surface area contributed by atoms with E-state index < -0.39 is 41.7 Å². The number of allylic oxidation sites excluding steroid dienone is 1. The molecule has 8 heteroatoms. The molecule has 1 aliphatic heterocycles. The number of carbonyl (C=O) groups is 3. The van der Waals surface area contributed by atoms with E-state index in [0.29, 0.717) is 23.6 Å². The number of benzene rings is 2. The summed E-state index contributed by atoms with van der Waals surface area (Å²) >= 11 is 6.30. The minimum absolute atomic E-state index is 0.182. The first kappa shape index (κ1) is 26.9. The van der Waals surface area contributed by atoms with Gasteiger partial charge >= 0.3 is 5.97 Å². The number of halogens is 1. The highest BCUT2D eigenvalue weighted by Crippen LogP contribution is 2.46. The summed E-state index contributed by atoms with van der Waals surface area (Å²) in [6, 6.07) is 14.8. The number of para-hydroxylation sites is 1. The number of likely N-dealkylation sites (tertiary alicyclic amines) is 1. The molecule has 37 heavy (non-hydrogen) atoms. The van der Waals surface area contributed by atoms with Crippen LogP contribution in [0, 0.1) is 23.7 Å². The van der Waals surface area contributed by atoms with Crippen molar-refractivity contribution in [3.8, 4) is 0 Å². The Hall–Kier alpha value is -3.16. The van der Waals surface area contributed by atoms with Gasteiger partial charge in [0.1, 0.15) is 6.04 Å². The minimum Gasteiger partial charge on any atom is -0.466 e. The largest absolute Gasteiger partial charge is 0.466 e. The monoisotopic (exact) mass is 524 g/mol. The van der Waals surface area contributed by atoms with Crippen LogP contribution in [0.25, 0.3) is 0 Å². The Balaban J connectivity index is 1.75. The number of ether oxygens (including phenoxy) is 1. The summed E-state index contributed by atoms with van der Waals surface area (Å²) in [5.41, 5.74) is 1.36. The van der Waals surface area contributed by atoms with Gasteiger partial charge in [-0.1, -0.05) is 73.1 Å². The first-order valence-corrected chi connectivity index (χ1v) is 13.2. The summed E-state index contributed by atoms with van der Waals surface area (Å²) in [5.74, 6) is -3.37. The topological polar surface area (TPSA) is 95.9 Å². The molecular weight excluding hydrogens is 492 g/mol. The second-order valence-electron chi connectivity index (χ2n) is 9.52. The van der Waals surface area contributed by atoms with Gasteiger partial charge in [0.2, 0.25) is 11.8 Å². The fourth-order valence-electron chi connectivity index (χ4n) is 5.70. The Morgan fingerprint density at radius 3 is 2.43 bits per heavy atom. The Morgan fingerprint density at radius 1 is 1.08 bits per heavy atom. The smallest absolute Gasteiger partial charge is 0.310 e. The molecule has 0 saturated carbocycles. The number of amides is 2. The fraction of sp³-hybridized carbons (Fsp3) is 0.414. The van der Waals surface area contributed by atoms with Gasteiger partial charge in [0, 0.05) is 5.92 Å². The van der Waals surface area contributed by atoms with Crippen molar-refractivity contribution < 1.29 is 24.2 Å². The summed E-state index contributed by atoms with van der Waals surface area (Å²) in [6.07, 6.45) is 4.84. The molecule has 1 fully saturated rings. The quantitative estimate of drug-likeness (QED) is 0.380. The fourth-order valence-corrected chi connectivity index (χ4v) is 5.88. The van der Waals surface area contributed by atoms with E-state index in [0.717, 1.165) is 5.56 Å². The van der Waals surface area contributed by atoms with Gasteiger partial charge in [-0.15, -0.1) is 0 Å². The molecule has 2 amide bonds. The number of nitrogens with one attached hydrogen (secondary N) is 1. The maximum Gasteiger partial charge on any atom is 0.310 e. The molecular formula is C29H33ClN2O5. The van der Waals surface area contributed by atoms with Crippen LogP contribution >= 0.6 is 11.6 Å². The zero-order valence-electron chi connectivity index (χ0n) is 21.0.